The van der Waals surface area contributed by atoms with Crippen LogP contribution in [0.15, 0.2) is 0 Å². The Kier molecular flexibility index (Phi) is 4.31. The molecule has 0 saturated carbocycles. The fourth-order valence-corrected chi connectivity index (χ4v) is 2.23. The summed E-state index contributed by atoms with van der Waals surface area (Å²) < 4.78 is 24.0. The predicted molar refractivity (Wildman–Crippen MR) is 54.5 cm³/mol. The van der Waals surface area contributed by atoms with E-state index in [2.05, 4.69) is 9.62 Å². The van der Waals surface area contributed by atoms with Crippen LogP contribution in [0.2, 0.25) is 0 Å². The van der Waals surface area contributed by atoms with E-state index in [4.69, 9.17) is 5.11 Å². The van der Waals surface area contributed by atoms with Gasteiger partial charge >= 0.3 is 0 Å². The molecule has 1 heterocycles. The van der Waals surface area contributed by atoms with Gasteiger partial charge in [0.1, 0.15) is 0 Å². The van der Waals surface area contributed by atoms with E-state index in [1.165, 1.54) is 0 Å². The second kappa shape index (κ2) is 5.06. The summed E-state index contributed by atoms with van der Waals surface area (Å²) in [7, 11) is -3.08. The van der Waals surface area contributed by atoms with Gasteiger partial charge in [-0.15, -0.1) is 0 Å². The number of aliphatic hydroxyl groups is 1. The Morgan fingerprint density at radius 1 is 1.57 bits per heavy atom. The van der Waals surface area contributed by atoms with Crippen molar-refractivity contribution in [2.75, 3.05) is 32.5 Å². The second-order valence-electron chi connectivity index (χ2n) is 3.68. The van der Waals surface area contributed by atoms with Crippen LogP contribution in [-0.2, 0) is 10.0 Å². The van der Waals surface area contributed by atoms with E-state index in [1.54, 1.807) is 0 Å². The van der Waals surface area contributed by atoms with Gasteiger partial charge in [0.15, 0.2) is 0 Å². The highest BCUT2D eigenvalue weighted by molar-refractivity contribution is 7.88. The fourth-order valence-electron chi connectivity index (χ4n) is 1.77. The van der Waals surface area contributed by atoms with Crippen LogP contribution in [0.1, 0.15) is 12.8 Å². The van der Waals surface area contributed by atoms with Crippen molar-refractivity contribution in [1.29, 1.82) is 0 Å². The molecular formula is C8H18N2O3S. The summed E-state index contributed by atoms with van der Waals surface area (Å²) >= 11 is 0. The Bertz CT molecular complexity index is 266. The molecule has 0 radical (unpaired) electrons. The molecule has 1 rings (SSSR count). The molecule has 0 aromatic rings. The van der Waals surface area contributed by atoms with Gasteiger partial charge in [-0.2, -0.15) is 0 Å². The monoisotopic (exact) mass is 222 g/mol. The number of hydrogen-bond donors (Lipinski definition) is 2. The van der Waals surface area contributed by atoms with E-state index in [1.807, 2.05) is 0 Å². The van der Waals surface area contributed by atoms with Crippen LogP contribution in [0.5, 0.6) is 0 Å². The topological polar surface area (TPSA) is 69.6 Å². The van der Waals surface area contributed by atoms with Gasteiger partial charge in [0.05, 0.1) is 12.9 Å². The van der Waals surface area contributed by atoms with E-state index >= 15 is 0 Å². The van der Waals surface area contributed by atoms with Gasteiger partial charge in [-0.25, -0.2) is 13.1 Å². The Labute approximate surface area is 85.2 Å². The molecular weight excluding hydrogens is 204 g/mol. The zero-order valence-corrected chi connectivity index (χ0v) is 9.26. The highest BCUT2D eigenvalue weighted by atomic mass is 32.2. The van der Waals surface area contributed by atoms with Gasteiger partial charge in [0, 0.05) is 19.1 Å². The van der Waals surface area contributed by atoms with Crippen molar-refractivity contribution in [3.8, 4) is 0 Å². The SMILES string of the molecule is CS(=O)(=O)NCCN1CCCC1CO. The van der Waals surface area contributed by atoms with Crippen molar-refractivity contribution in [3.63, 3.8) is 0 Å². The molecule has 0 aromatic carbocycles. The van der Waals surface area contributed by atoms with Gasteiger partial charge in [0.25, 0.3) is 0 Å². The standard InChI is InChI=1S/C8H18N2O3S/c1-14(12,13)9-4-6-10-5-2-3-8(10)7-11/h8-9,11H,2-7H2,1H3. The number of rotatable bonds is 5. The molecule has 5 nitrogen and oxygen atoms in total. The Morgan fingerprint density at radius 2 is 2.29 bits per heavy atom. The van der Waals surface area contributed by atoms with Crippen molar-refractivity contribution in [1.82, 2.24) is 9.62 Å². The smallest absolute Gasteiger partial charge is 0.208 e. The second-order valence-corrected chi connectivity index (χ2v) is 5.51. The predicted octanol–water partition coefficient (Wildman–Crippen LogP) is -1.01. The minimum absolute atomic E-state index is 0.166. The van der Waals surface area contributed by atoms with E-state index in [-0.39, 0.29) is 12.6 Å². The van der Waals surface area contributed by atoms with Crippen molar-refractivity contribution in [3.05, 3.63) is 0 Å². The lowest BCUT2D eigenvalue weighted by Gasteiger charge is -2.22. The van der Waals surface area contributed by atoms with E-state index < -0.39 is 10.0 Å². The molecule has 1 unspecified atom stereocenters. The molecule has 1 aliphatic heterocycles. The number of nitrogens with one attached hydrogen (secondary N) is 1. The maximum Gasteiger partial charge on any atom is 0.208 e. The largest absolute Gasteiger partial charge is 0.395 e. The normalized spacial score (nSPS) is 24.3. The maximum absolute atomic E-state index is 10.8. The molecule has 2 N–H and O–H groups in total. The van der Waals surface area contributed by atoms with E-state index in [0.717, 1.165) is 25.6 Å². The summed E-state index contributed by atoms with van der Waals surface area (Å²) in [5, 5.41) is 9.02. The van der Waals surface area contributed by atoms with Crippen molar-refractivity contribution in [2.45, 2.75) is 18.9 Å². The van der Waals surface area contributed by atoms with Crippen LogP contribution in [0.25, 0.3) is 0 Å². The van der Waals surface area contributed by atoms with Crippen LogP contribution in [0.4, 0.5) is 0 Å². The lowest BCUT2D eigenvalue weighted by atomic mass is 10.2. The summed E-state index contributed by atoms with van der Waals surface area (Å²) in [6, 6.07) is 0.219. The average Bonchev–Trinajstić information content (AvgIpc) is 2.49. The van der Waals surface area contributed by atoms with Gasteiger partial charge in [-0.3, -0.25) is 4.90 Å². The zero-order chi connectivity index (χ0) is 10.6. The molecule has 1 saturated heterocycles. The lowest BCUT2D eigenvalue weighted by Crippen LogP contribution is -2.38. The van der Waals surface area contributed by atoms with E-state index in [9.17, 15) is 8.42 Å². The van der Waals surface area contributed by atoms with Crippen molar-refractivity contribution >= 4 is 10.0 Å². The molecule has 0 spiro atoms. The van der Waals surface area contributed by atoms with E-state index in [0.29, 0.717) is 13.1 Å². The third-order valence-corrected chi connectivity index (χ3v) is 3.20. The molecule has 0 amide bonds. The van der Waals surface area contributed by atoms with Crippen LogP contribution in [-0.4, -0.2) is 57.0 Å². The van der Waals surface area contributed by atoms with Gasteiger partial charge in [-0.1, -0.05) is 0 Å². The van der Waals surface area contributed by atoms with Crippen molar-refractivity contribution in [2.24, 2.45) is 0 Å². The number of nitrogens with zero attached hydrogens (tertiary/aromatic N) is 1. The first-order valence-electron chi connectivity index (χ1n) is 4.82. The fraction of sp³-hybridized carbons (Fsp3) is 1.00. The molecule has 0 aliphatic carbocycles. The van der Waals surface area contributed by atoms with Gasteiger partial charge in [-0.05, 0) is 19.4 Å². The third-order valence-electron chi connectivity index (χ3n) is 2.47. The van der Waals surface area contributed by atoms with Crippen LogP contribution in [0.3, 0.4) is 0 Å². The summed E-state index contributed by atoms with van der Waals surface area (Å²) in [6.45, 7) is 2.23. The summed E-state index contributed by atoms with van der Waals surface area (Å²) in [5.41, 5.74) is 0. The first-order chi connectivity index (χ1) is 6.53. The highest BCUT2D eigenvalue weighted by Crippen LogP contribution is 2.15. The number of sulfonamides is 1. The minimum Gasteiger partial charge on any atom is -0.395 e. The molecule has 0 bridgehead atoms. The van der Waals surface area contributed by atoms with Crippen LogP contribution < -0.4 is 4.72 Å². The first kappa shape index (κ1) is 11.9. The summed E-state index contributed by atoms with van der Waals surface area (Å²) in [6.07, 6.45) is 3.25. The summed E-state index contributed by atoms with van der Waals surface area (Å²) in [4.78, 5) is 2.12. The quantitative estimate of drug-likeness (QED) is 0.625. The molecule has 6 heteroatoms. The first-order valence-corrected chi connectivity index (χ1v) is 6.71. The van der Waals surface area contributed by atoms with Crippen molar-refractivity contribution < 1.29 is 13.5 Å². The molecule has 1 aliphatic rings. The average molecular weight is 222 g/mol. The number of hydrogen-bond acceptors (Lipinski definition) is 4. The number of likely N-dealkylation sites (tertiary alicyclic amines) is 1. The van der Waals surface area contributed by atoms with Gasteiger partial charge < -0.3 is 5.11 Å². The summed E-state index contributed by atoms with van der Waals surface area (Å²) in [5.74, 6) is 0. The highest BCUT2D eigenvalue weighted by Gasteiger charge is 2.22. The Balaban J connectivity index is 2.24. The molecule has 1 fully saturated rings. The van der Waals surface area contributed by atoms with Crippen LogP contribution in [0, 0.1) is 0 Å². The maximum atomic E-state index is 10.8. The lowest BCUT2D eigenvalue weighted by molar-refractivity contribution is 0.161. The Hall–Kier alpha value is -0.170. The molecule has 1 atom stereocenters. The molecule has 84 valence electrons. The van der Waals surface area contributed by atoms with Gasteiger partial charge in [0.2, 0.25) is 10.0 Å². The Morgan fingerprint density at radius 3 is 2.86 bits per heavy atom. The van der Waals surface area contributed by atoms with Crippen LogP contribution >= 0.6 is 0 Å². The number of aliphatic hydroxyl groups excluding tert-OH is 1. The third kappa shape index (κ3) is 3.91. The molecule has 14 heavy (non-hydrogen) atoms. The zero-order valence-electron chi connectivity index (χ0n) is 8.44. The minimum atomic E-state index is -3.08. The molecule has 0 aromatic heterocycles.